The highest BCUT2D eigenvalue weighted by atomic mass is 16.3. The van der Waals surface area contributed by atoms with Crippen molar-refractivity contribution in [3.63, 3.8) is 0 Å². The van der Waals surface area contributed by atoms with Crippen LogP contribution in [0.3, 0.4) is 0 Å². The van der Waals surface area contributed by atoms with Crippen LogP contribution in [-0.2, 0) is 0 Å². The fourth-order valence-electron chi connectivity index (χ4n) is 6.23. The molecule has 0 aliphatic heterocycles. The molecular formula is C36H21N3O. The monoisotopic (exact) mass is 511 g/mol. The molecule has 0 fully saturated rings. The zero-order valence-electron chi connectivity index (χ0n) is 21.4. The quantitative estimate of drug-likeness (QED) is 0.232. The normalized spacial score (nSPS) is 12.0. The molecule has 0 spiro atoms. The molecule has 9 rings (SSSR count). The van der Waals surface area contributed by atoms with Gasteiger partial charge in [0, 0.05) is 27.1 Å². The van der Waals surface area contributed by atoms with Gasteiger partial charge in [-0.3, -0.25) is 4.57 Å². The lowest BCUT2D eigenvalue weighted by atomic mass is 10.0. The molecule has 6 aromatic carbocycles. The van der Waals surface area contributed by atoms with Crippen LogP contribution in [0.2, 0.25) is 0 Å². The summed E-state index contributed by atoms with van der Waals surface area (Å²) in [6, 6.07) is 44.3. The summed E-state index contributed by atoms with van der Waals surface area (Å²) in [7, 11) is 0. The van der Waals surface area contributed by atoms with Gasteiger partial charge in [-0.15, -0.1) is 0 Å². The predicted octanol–water partition coefficient (Wildman–Crippen LogP) is 9.45. The Balaban J connectivity index is 1.52. The van der Waals surface area contributed by atoms with E-state index in [0.717, 1.165) is 38.8 Å². The summed E-state index contributed by atoms with van der Waals surface area (Å²) in [6.07, 6.45) is 0. The van der Waals surface area contributed by atoms with Gasteiger partial charge in [-0.1, -0.05) is 109 Å². The van der Waals surface area contributed by atoms with E-state index in [0.29, 0.717) is 11.5 Å². The molecule has 0 amide bonds. The van der Waals surface area contributed by atoms with E-state index in [1.165, 1.54) is 32.3 Å². The number of aromatic nitrogens is 3. The van der Waals surface area contributed by atoms with Crippen LogP contribution in [-0.4, -0.2) is 14.5 Å². The van der Waals surface area contributed by atoms with Crippen LogP contribution in [0.4, 0.5) is 0 Å². The van der Waals surface area contributed by atoms with E-state index in [1.54, 1.807) is 0 Å². The lowest BCUT2D eigenvalue weighted by molar-refractivity contribution is 0.666. The van der Waals surface area contributed by atoms with Crippen molar-refractivity contribution in [2.75, 3.05) is 0 Å². The van der Waals surface area contributed by atoms with Gasteiger partial charge in [0.15, 0.2) is 5.58 Å². The first-order chi connectivity index (χ1) is 19.8. The Bertz CT molecular complexity index is 2430. The first kappa shape index (κ1) is 21.5. The molecule has 0 bridgehead atoms. The minimum absolute atomic E-state index is 0.629. The highest BCUT2D eigenvalue weighted by molar-refractivity contribution is 6.25. The zero-order valence-corrected chi connectivity index (χ0v) is 21.4. The van der Waals surface area contributed by atoms with Gasteiger partial charge < -0.3 is 4.42 Å². The van der Waals surface area contributed by atoms with Gasteiger partial charge in [-0.25, -0.2) is 9.97 Å². The van der Waals surface area contributed by atoms with Crippen LogP contribution in [0.5, 0.6) is 0 Å². The number of nitrogens with zero attached hydrogens (tertiary/aromatic N) is 3. The third kappa shape index (κ3) is 2.90. The standard InChI is InChI=1S/C36H21N3O/c1-2-12-24(13-3-1)32-35-33(27-16-8-9-17-30(27)40-35)38-36(37-32)39-29-21-19-22-10-4-6-14-25(22)31(29)28-20-18-23-11-5-7-15-26(23)34(28)39/h1-21H. The molecule has 0 saturated carbocycles. The van der Waals surface area contributed by atoms with Crippen LogP contribution < -0.4 is 0 Å². The van der Waals surface area contributed by atoms with Gasteiger partial charge in [-0.05, 0) is 34.4 Å². The number of rotatable bonds is 2. The van der Waals surface area contributed by atoms with Crippen molar-refractivity contribution in [3.05, 3.63) is 127 Å². The zero-order chi connectivity index (χ0) is 26.2. The van der Waals surface area contributed by atoms with Crippen LogP contribution in [0.25, 0.3) is 82.6 Å². The van der Waals surface area contributed by atoms with Crippen molar-refractivity contribution >= 4 is 65.4 Å². The number of fused-ring (bicyclic) bond motifs is 10. The van der Waals surface area contributed by atoms with E-state index in [4.69, 9.17) is 14.4 Å². The minimum Gasteiger partial charge on any atom is -0.452 e. The van der Waals surface area contributed by atoms with E-state index in [2.05, 4.69) is 95.6 Å². The van der Waals surface area contributed by atoms with E-state index >= 15 is 0 Å². The number of benzene rings is 6. The maximum Gasteiger partial charge on any atom is 0.236 e. The fraction of sp³-hybridized carbons (Fsp3) is 0. The first-order valence-electron chi connectivity index (χ1n) is 13.4. The van der Waals surface area contributed by atoms with Crippen LogP contribution >= 0.6 is 0 Å². The Labute approximate surface area is 228 Å². The average molecular weight is 512 g/mol. The summed E-state index contributed by atoms with van der Waals surface area (Å²) < 4.78 is 8.62. The maximum absolute atomic E-state index is 6.38. The lowest BCUT2D eigenvalue weighted by Crippen LogP contribution is -2.03. The number of furan rings is 1. The second-order valence-corrected chi connectivity index (χ2v) is 10.2. The minimum atomic E-state index is 0.629. The molecule has 0 saturated heterocycles. The van der Waals surface area contributed by atoms with Gasteiger partial charge in [-0.2, -0.15) is 0 Å². The van der Waals surface area contributed by atoms with Crippen LogP contribution in [0, 0.1) is 0 Å². The van der Waals surface area contributed by atoms with Gasteiger partial charge in [0.1, 0.15) is 16.8 Å². The molecule has 4 nitrogen and oxygen atoms in total. The van der Waals surface area contributed by atoms with Gasteiger partial charge in [0.2, 0.25) is 5.95 Å². The molecule has 0 unspecified atom stereocenters. The Kier molecular flexibility index (Phi) is 4.30. The van der Waals surface area contributed by atoms with Crippen molar-refractivity contribution in [2.45, 2.75) is 0 Å². The highest BCUT2D eigenvalue weighted by Crippen LogP contribution is 2.41. The SMILES string of the molecule is c1ccc(-c2nc(-n3c4ccc5ccccc5c4c4ccc5ccccc5c43)nc3c2oc2ccccc23)cc1. The largest absolute Gasteiger partial charge is 0.452 e. The Morgan fingerprint density at radius 2 is 1.20 bits per heavy atom. The fourth-order valence-corrected chi connectivity index (χ4v) is 6.23. The van der Waals surface area contributed by atoms with Gasteiger partial charge in [0.05, 0.1) is 11.0 Å². The molecule has 0 atom stereocenters. The highest BCUT2D eigenvalue weighted by Gasteiger charge is 2.22. The summed E-state index contributed by atoms with van der Waals surface area (Å²) in [5, 5.41) is 8.16. The summed E-state index contributed by atoms with van der Waals surface area (Å²) in [4.78, 5) is 10.5. The molecule has 0 radical (unpaired) electrons. The van der Waals surface area contributed by atoms with Crippen molar-refractivity contribution in [1.29, 1.82) is 0 Å². The smallest absolute Gasteiger partial charge is 0.236 e. The second kappa shape index (κ2) is 8.01. The molecular weight excluding hydrogens is 490 g/mol. The van der Waals surface area contributed by atoms with Crippen molar-refractivity contribution in [2.24, 2.45) is 0 Å². The van der Waals surface area contributed by atoms with E-state index in [9.17, 15) is 0 Å². The summed E-state index contributed by atoms with van der Waals surface area (Å²) in [6.45, 7) is 0. The molecule has 40 heavy (non-hydrogen) atoms. The molecule has 0 N–H and O–H groups in total. The number of para-hydroxylation sites is 1. The summed E-state index contributed by atoms with van der Waals surface area (Å²) in [5.41, 5.74) is 6.29. The van der Waals surface area contributed by atoms with E-state index < -0.39 is 0 Å². The molecule has 0 aliphatic carbocycles. The molecule has 3 aromatic heterocycles. The Hall–Kier alpha value is -5.48. The molecule has 186 valence electrons. The predicted molar refractivity (Wildman–Crippen MR) is 164 cm³/mol. The van der Waals surface area contributed by atoms with Gasteiger partial charge in [0.25, 0.3) is 0 Å². The molecule has 4 heteroatoms. The number of hydrogen-bond acceptors (Lipinski definition) is 3. The van der Waals surface area contributed by atoms with E-state index in [1.807, 2.05) is 36.4 Å². The second-order valence-electron chi connectivity index (χ2n) is 10.2. The third-order valence-corrected chi connectivity index (χ3v) is 8.00. The third-order valence-electron chi connectivity index (χ3n) is 8.00. The summed E-state index contributed by atoms with van der Waals surface area (Å²) >= 11 is 0. The molecule has 3 heterocycles. The van der Waals surface area contributed by atoms with Crippen molar-refractivity contribution in [1.82, 2.24) is 14.5 Å². The van der Waals surface area contributed by atoms with Gasteiger partial charge >= 0.3 is 0 Å². The summed E-state index contributed by atoms with van der Waals surface area (Å²) in [5.74, 6) is 0.629. The topological polar surface area (TPSA) is 43.9 Å². The molecule has 9 aromatic rings. The van der Waals surface area contributed by atoms with Crippen LogP contribution in [0.1, 0.15) is 0 Å². The maximum atomic E-state index is 6.38. The van der Waals surface area contributed by atoms with Crippen molar-refractivity contribution in [3.8, 4) is 17.2 Å². The Morgan fingerprint density at radius 3 is 2.05 bits per heavy atom. The average Bonchev–Trinajstić information content (AvgIpc) is 3.57. The molecule has 0 aliphatic rings. The van der Waals surface area contributed by atoms with E-state index in [-0.39, 0.29) is 0 Å². The Morgan fingerprint density at radius 1 is 0.525 bits per heavy atom. The first-order valence-corrected chi connectivity index (χ1v) is 13.4. The van der Waals surface area contributed by atoms with Crippen molar-refractivity contribution < 1.29 is 4.42 Å². The lowest BCUT2D eigenvalue weighted by Gasteiger charge is -2.11. The number of hydrogen-bond donors (Lipinski definition) is 0. The van der Waals surface area contributed by atoms with Crippen LogP contribution in [0.15, 0.2) is 132 Å².